The van der Waals surface area contributed by atoms with Gasteiger partial charge in [0.15, 0.2) is 0 Å². The molecule has 24 heavy (non-hydrogen) atoms. The topological polar surface area (TPSA) is 32.3 Å². The predicted octanol–water partition coefficient (Wildman–Crippen LogP) is 3.64. The third kappa shape index (κ3) is 3.70. The standard InChI is InChI=1S/C19H23ClN4/c1-14-3-2-4-15(11-14)13-23-7-9-24(10-8-23)18-12-17(20)21-19(22-18)16-5-6-16/h2-4,11-12,16H,5-10,13H2,1H3. The molecular formula is C19H23ClN4. The number of rotatable bonds is 4. The second-order valence-electron chi connectivity index (χ2n) is 6.93. The van der Waals surface area contributed by atoms with E-state index >= 15 is 0 Å². The fourth-order valence-corrected chi connectivity index (χ4v) is 3.50. The van der Waals surface area contributed by atoms with Crippen LogP contribution in [0.5, 0.6) is 0 Å². The van der Waals surface area contributed by atoms with Crippen molar-refractivity contribution >= 4 is 17.4 Å². The number of hydrogen-bond acceptors (Lipinski definition) is 4. The lowest BCUT2D eigenvalue weighted by molar-refractivity contribution is 0.249. The molecular weight excluding hydrogens is 320 g/mol. The Morgan fingerprint density at radius 3 is 2.58 bits per heavy atom. The van der Waals surface area contributed by atoms with E-state index in [1.807, 2.05) is 6.07 Å². The van der Waals surface area contributed by atoms with E-state index in [9.17, 15) is 0 Å². The molecule has 2 aromatic rings. The van der Waals surface area contributed by atoms with E-state index in [2.05, 4.69) is 46.0 Å². The lowest BCUT2D eigenvalue weighted by Gasteiger charge is -2.35. The molecule has 1 aromatic heterocycles. The van der Waals surface area contributed by atoms with Crippen LogP contribution in [0.2, 0.25) is 5.15 Å². The van der Waals surface area contributed by atoms with Gasteiger partial charge in [0.1, 0.15) is 16.8 Å². The molecule has 0 amide bonds. The van der Waals surface area contributed by atoms with Crippen molar-refractivity contribution in [2.75, 3.05) is 31.1 Å². The molecule has 0 radical (unpaired) electrons. The minimum Gasteiger partial charge on any atom is -0.354 e. The highest BCUT2D eigenvalue weighted by Gasteiger charge is 2.28. The van der Waals surface area contributed by atoms with Crippen LogP contribution in [0.4, 0.5) is 5.82 Å². The van der Waals surface area contributed by atoms with Gasteiger partial charge in [-0.3, -0.25) is 4.90 Å². The number of aryl methyl sites for hydroxylation is 1. The van der Waals surface area contributed by atoms with Gasteiger partial charge >= 0.3 is 0 Å². The van der Waals surface area contributed by atoms with Gasteiger partial charge in [0, 0.05) is 44.7 Å². The van der Waals surface area contributed by atoms with Crippen LogP contribution in [0, 0.1) is 6.92 Å². The number of anilines is 1. The fourth-order valence-electron chi connectivity index (χ4n) is 3.31. The maximum Gasteiger partial charge on any atom is 0.135 e. The second kappa shape index (κ2) is 6.69. The molecule has 1 aliphatic heterocycles. The van der Waals surface area contributed by atoms with Gasteiger partial charge in [-0.2, -0.15) is 0 Å². The zero-order chi connectivity index (χ0) is 16.5. The first kappa shape index (κ1) is 15.9. The predicted molar refractivity (Wildman–Crippen MR) is 97.7 cm³/mol. The van der Waals surface area contributed by atoms with Gasteiger partial charge in [0.05, 0.1) is 0 Å². The van der Waals surface area contributed by atoms with Gasteiger partial charge in [0.2, 0.25) is 0 Å². The molecule has 2 aliphatic rings. The summed E-state index contributed by atoms with van der Waals surface area (Å²) in [5.41, 5.74) is 2.72. The highest BCUT2D eigenvalue weighted by Crippen LogP contribution is 2.39. The molecule has 2 fully saturated rings. The Bertz CT molecular complexity index is 721. The summed E-state index contributed by atoms with van der Waals surface area (Å²) >= 11 is 6.20. The average Bonchev–Trinajstić information content (AvgIpc) is 3.40. The van der Waals surface area contributed by atoms with Crippen LogP contribution in [0.15, 0.2) is 30.3 Å². The molecule has 1 saturated heterocycles. The molecule has 126 valence electrons. The van der Waals surface area contributed by atoms with Crippen LogP contribution in [-0.4, -0.2) is 41.0 Å². The van der Waals surface area contributed by atoms with Crippen LogP contribution in [0.3, 0.4) is 0 Å². The molecule has 1 aromatic carbocycles. The van der Waals surface area contributed by atoms with E-state index in [0.29, 0.717) is 11.1 Å². The maximum atomic E-state index is 6.20. The summed E-state index contributed by atoms with van der Waals surface area (Å²) in [6, 6.07) is 10.7. The van der Waals surface area contributed by atoms with Crippen molar-refractivity contribution in [3.8, 4) is 0 Å². The van der Waals surface area contributed by atoms with E-state index in [1.54, 1.807) is 0 Å². The van der Waals surface area contributed by atoms with Gasteiger partial charge < -0.3 is 4.90 Å². The van der Waals surface area contributed by atoms with Crippen LogP contribution in [0.1, 0.15) is 35.7 Å². The number of nitrogens with zero attached hydrogens (tertiary/aromatic N) is 4. The van der Waals surface area contributed by atoms with Crippen LogP contribution in [0.25, 0.3) is 0 Å². The maximum absolute atomic E-state index is 6.20. The number of benzene rings is 1. The Kier molecular flexibility index (Phi) is 4.42. The summed E-state index contributed by atoms with van der Waals surface area (Å²) in [6.45, 7) is 7.25. The molecule has 4 nitrogen and oxygen atoms in total. The molecule has 0 bridgehead atoms. The minimum absolute atomic E-state index is 0.532. The monoisotopic (exact) mass is 342 g/mol. The molecule has 1 aliphatic carbocycles. The van der Waals surface area contributed by atoms with Gasteiger partial charge in [-0.25, -0.2) is 9.97 Å². The zero-order valence-electron chi connectivity index (χ0n) is 14.1. The highest BCUT2D eigenvalue weighted by molar-refractivity contribution is 6.29. The van der Waals surface area contributed by atoms with Gasteiger partial charge in [-0.1, -0.05) is 41.4 Å². The van der Waals surface area contributed by atoms with E-state index in [1.165, 1.54) is 24.0 Å². The van der Waals surface area contributed by atoms with Crippen molar-refractivity contribution in [2.24, 2.45) is 0 Å². The number of hydrogen-bond donors (Lipinski definition) is 0. The first-order valence-corrected chi connectivity index (χ1v) is 9.12. The molecule has 4 rings (SSSR count). The summed E-state index contributed by atoms with van der Waals surface area (Å²) in [5.74, 6) is 2.46. The Morgan fingerprint density at radius 2 is 1.88 bits per heavy atom. The molecule has 1 saturated carbocycles. The summed E-state index contributed by atoms with van der Waals surface area (Å²) in [5, 5.41) is 0.573. The van der Waals surface area contributed by atoms with Gasteiger partial charge in [-0.15, -0.1) is 0 Å². The zero-order valence-corrected chi connectivity index (χ0v) is 14.8. The lowest BCUT2D eigenvalue weighted by Crippen LogP contribution is -2.46. The van der Waals surface area contributed by atoms with Crippen molar-refractivity contribution in [3.63, 3.8) is 0 Å². The number of halogens is 1. The van der Waals surface area contributed by atoms with Crippen molar-refractivity contribution in [1.82, 2.24) is 14.9 Å². The average molecular weight is 343 g/mol. The molecule has 0 atom stereocenters. The summed E-state index contributed by atoms with van der Waals surface area (Å²) < 4.78 is 0. The van der Waals surface area contributed by atoms with E-state index < -0.39 is 0 Å². The minimum atomic E-state index is 0.532. The normalized spacial score (nSPS) is 18.8. The van der Waals surface area contributed by atoms with Crippen molar-refractivity contribution in [2.45, 2.75) is 32.2 Å². The Balaban J connectivity index is 1.39. The molecule has 0 N–H and O–H groups in total. The van der Waals surface area contributed by atoms with E-state index in [4.69, 9.17) is 16.6 Å². The molecule has 5 heteroatoms. The van der Waals surface area contributed by atoms with Crippen LogP contribution in [-0.2, 0) is 6.54 Å². The first-order chi connectivity index (χ1) is 11.7. The Morgan fingerprint density at radius 1 is 1.08 bits per heavy atom. The summed E-state index contributed by atoms with van der Waals surface area (Å²) in [6.07, 6.45) is 2.40. The fraction of sp³-hybridized carbons (Fsp3) is 0.474. The Labute approximate surface area is 148 Å². The van der Waals surface area contributed by atoms with Gasteiger partial charge in [-0.05, 0) is 25.3 Å². The molecule has 0 spiro atoms. The summed E-state index contributed by atoms with van der Waals surface area (Å²) in [7, 11) is 0. The van der Waals surface area contributed by atoms with Gasteiger partial charge in [0.25, 0.3) is 0 Å². The number of piperazine rings is 1. The van der Waals surface area contributed by atoms with Crippen molar-refractivity contribution in [3.05, 3.63) is 52.4 Å². The highest BCUT2D eigenvalue weighted by atomic mass is 35.5. The van der Waals surface area contributed by atoms with Crippen molar-refractivity contribution < 1.29 is 0 Å². The van der Waals surface area contributed by atoms with E-state index in [0.717, 1.165) is 44.4 Å². The SMILES string of the molecule is Cc1cccc(CN2CCN(c3cc(Cl)nc(C4CC4)n3)CC2)c1. The Hall–Kier alpha value is -1.65. The quantitative estimate of drug-likeness (QED) is 0.794. The van der Waals surface area contributed by atoms with Crippen molar-refractivity contribution in [1.29, 1.82) is 0 Å². The smallest absolute Gasteiger partial charge is 0.135 e. The second-order valence-corrected chi connectivity index (χ2v) is 7.32. The molecule has 0 unspecified atom stereocenters. The lowest BCUT2D eigenvalue weighted by atomic mass is 10.1. The van der Waals surface area contributed by atoms with Crippen LogP contribution >= 0.6 is 11.6 Å². The third-order valence-electron chi connectivity index (χ3n) is 4.83. The summed E-state index contributed by atoms with van der Waals surface area (Å²) in [4.78, 5) is 14.0. The van der Waals surface area contributed by atoms with E-state index in [-0.39, 0.29) is 0 Å². The molecule has 2 heterocycles. The number of aromatic nitrogens is 2. The largest absolute Gasteiger partial charge is 0.354 e. The first-order valence-electron chi connectivity index (χ1n) is 8.75. The van der Waals surface area contributed by atoms with Crippen LogP contribution < -0.4 is 4.90 Å². The third-order valence-corrected chi connectivity index (χ3v) is 5.02.